The van der Waals surface area contributed by atoms with Gasteiger partial charge in [0.15, 0.2) is 0 Å². The van der Waals surface area contributed by atoms with Crippen LogP contribution in [-0.2, 0) is 0 Å². The van der Waals surface area contributed by atoms with Gasteiger partial charge in [0.25, 0.3) is 11.6 Å². The van der Waals surface area contributed by atoms with Gasteiger partial charge in [-0.25, -0.2) is 5.43 Å². The lowest BCUT2D eigenvalue weighted by atomic mass is 10.1. The number of benzene rings is 2. The number of hydrazone groups is 1. The molecule has 1 heterocycles. The molecular weight excluding hydrogens is 320 g/mol. The summed E-state index contributed by atoms with van der Waals surface area (Å²) in [5.41, 5.74) is 4.40. The number of carbonyl (C=O) groups excluding carboxylic acids is 1. The fourth-order valence-corrected chi connectivity index (χ4v) is 2.43. The molecule has 3 rings (SSSR count). The third-order valence-corrected chi connectivity index (χ3v) is 3.66. The average molecular weight is 334 g/mol. The standard InChI is InChI=1S/C18H14N4O3/c1-12-15(10-13-6-2-4-8-16(13)20-12)18(23)21-19-11-14-7-3-5-9-17(14)22(24)25/h2-11H,1H3,(H,21,23). The van der Waals surface area contributed by atoms with Crippen molar-refractivity contribution in [3.63, 3.8) is 0 Å². The summed E-state index contributed by atoms with van der Waals surface area (Å²) in [7, 11) is 0. The number of hydrogen-bond donors (Lipinski definition) is 1. The SMILES string of the molecule is Cc1nc2ccccc2cc1C(=O)NN=Cc1ccccc1[N+](=O)[O-]. The van der Waals surface area contributed by atoms with Crippen LogP contribution in [0.25, 0.3) is 10.9 Å². The number of nitrogens with one attached hydrogen (secondary N) is 1. The first-order chi connectivity index (χ1) is 12.1. The first-order valence-corrected chi connectivity index (χ1v) is 7.49. The number of amides is 1. The summed E-state index contributed by atoms with van der Waals surface area (Å²) in [5.74, 6) is -0.425. The monoisotopic (exact) mass is 334 g/mol. The highest BCUT2D eigenvalue weighted by atomic mass is 16.6. The van der Waals surface area contributed by atoms with Crippen LogP contribution in [0.4, 0.5) is 5.69 Å². The Morgan fingerprint density at radius 1 is 1.20 bits per heavy atom. The number of pyridine rings is 1. The Labute approximate surface area is 143 Å². The smallest absolute Gasteiger partial charge is 0.267 e. The predicted octanol–water partition coefficient (Wildman–Crippen LogP) is 3.22. The normalized spacial score (nSPS) is 10.9. The van der Waals surface area contributed by atoms with Crippen molar-refractivity contribution in [1.82, 2.24) is 10.4 Å². The van der Waals surface area contributed by atoms with Crippen LogP contribution >= 0.6 is 0 Å². The summed E-state index contributed by atoms with van der Waals surface area (Å²) in [4.78, 5) is 27.2. The van der Waals surface area contributed by atoms with Crippen molar-refractivity contribution in [2.75, 3.05) is 0 Å². The molecule has 7 heteroatoms. The van der Waals surface area contributed by atoms with Crippen LogP contribution in [0.3, 0.4) is 0 Å². The molecule has 124 valence electrons. The summed E-state index contributed by atoms with van der Waals surface area (Å²) in [5, 5.41) is 15.6. The lowest BCUT2D eigenvalue weighted by Gasteiger charge is -2.06. The van der Waals surface area contributed by atoms with Crippen molar-refractivity contribution in [3.05, 3.63) is 81.5 Å². The Morgan fingerprint density at radius 3 is 2.72 bits per heavy atom. The summed E-state index contributed by atoms with van der Waals surface area (Å²) < 4.78 is 0. The van der Waals surface area contributed by atoms with Crippen LogP contribution in [0.1, 0.15) is 21.6 Å². The van der Waals surface area contributed by atoms with Gasteiger partial charge < -0.3 is 0 Å². The molecule has 0 atom stereocenters. The Balaban J connectivity index is 1.81. The second-order valence-electron chi connectivity index (χ2n) is 5.33. The van der Waals surface area contributed by atoms with E-state index in [9.17, 15) is 14.9 Å². The van der Waals surface area contributed by atoms with E-state index in [-0.39, 0.29) is 5.69 Å². The quantitative estimate of drug-likeness (QED) is 0.450. The third kappa shape index (κ3) is 3.50. The summed E-state index contributed by atoms with van der Waals surface area (Å²) in [6, 6.07) is 15.4. The van der Waals surface area contributed by atoms with Crippen molar-refractivity contribution in [2.24, 2.45) is 5.10 Å². The number of aryl methyl sites for hydroxylation is 1. The summed E-state index contributed by atoms with van der Waals surface area (Å²) >= 11 is 0. The van der Waals surface area contributed by atoms with Gasteiger partial charge in [0.1, 0.15) is 0 Å². The molecule has 25 heavy (non-hydrogen) atoms. The molecule has 0 aliphatic heterocycles. The minimum absolute atomic E-state index is 0.0796. The summed E-state index contributed by atoms with van der Waals surface area (Å²) in [6.45, 7) is 1.74. The molecule has 3 aromatic rings. The molecule has 0 spiro atoms. The number of hydrogen-bond acceptors (Lipinski definition) is 5. The van der Waals surface area contributed by atoms with E-state index in [4.69, 9.17) is 0 Å². The van der Waals surface area contributed by atoms with Crippen LogP contribution in [0.15, 0.2) is 59.7 Å². The maximum Gasteiger partial charge on any atom is 0.278 e. The predicted molar refractivity (Wildman–Crippen MR) is 94.6 cm³/mol. The number of fused-ring (bicyclic) bond motifs is 1. The number of para-hydroxylation sites is 2. The molecule has 0 radical (unpaired) electrons. The highest BCUT2D eigenvalue weighted by Crippen LogP contribution is 2.17. The van der Waals surface area contributed by atoms with Gasteiger partial charge in [0.05, 0.1) is 33.5 Å². The van der Waals surface area contributed by atoms with Crippen LogP contribution in [0.2, 0.25) is 0 Å². The van der Waals surface area contributed by atoms with Crippen LogP contribution < -0.4 is 5.43 Å². The Morgan fingerprint density at radius 2 is 1.92 bits per heavy atom. The first kappa shape index (κ1) is 16.3. The van der Waals surface area contributed by atoms with Crippen molar-refractivity contribution in [3.8, 4) is 0 Å². The minimum atomic E-state index is -0.499. The molecular formula is C18H14N4O3. The molecule has 2 aromatic carbocycles. The molecule has 0 aliphatic carbocycles. The van der Waals surface area contributed by atoms with Gasteiger partial charge in [-0.2, -0.15) is 5.10 Å². The Bertz CT molecular complexity index is 999. The first-order valence-electron chi connectivity index (χ1n) is 7.49. The molecule has 1 aromatic heterocycles. The molecule has 7 nitrogen and oxygen atoms in total. The van der Waals surface area contributed by atoms with Crippen LogP contribution in [0.5, 0.6) is 0 Å². The van der Waals surface area contributed by atoms with Gasteiger partial charge in [-0.05, 0) is 25.1 Å². The fourth-order valence-electron chi connectivity index (χ4n) is 2.43. The molecule has 0 saturated carbocycles. The maximum atomic E-state index is 12.3. The number of aromatic nitrogens is 1. The number of carbonyl (C=O) groups is 1. The number of rotatable bonds is 4. The zero-order valence-corrected chi connectivity index (χ0v) is 13.3. The zero-order chi connectivity index (χ0) is 17.8. The van der Waals surface area contributed by atoms with Crippen molar-refractivity contribution in [1.29, 1.82) is 0 Å². The lowest BCUT2D eigenvalue weighted by molar-refractivity contribution is -0.385. The van der Waals surface area contributed by atoms with E-state index in [0.717, 1.165) is 10.9 Å². The van der Waals surface area contributed by atoms with Gasteiger partial charge in [-0.15, -0.1) is 0 Å². The Kier molecular flexibility index (Phi) is 4.47. The molecule has 0 bridgehead atoms. The maximum absolute atomic E-state index is 12.3. The van der Waals surface area contributed by atoms with E-state index in [1.807, 2.05) is 24.3 Å². The highest BCUT2D eigenvalue weighted by Gasteiger charge is 2.12. The van der Waals surface area contributed by atoms with E-state index < -0.39 is 10.8 Å². The van der Waals surface area contributed by atoms with Crippen molar-refractivity contribution < 1.29 is 9.72 Å². The second kappa shape index (κ2) is 6.88. The molecule has 0 aliphatic rings. The largest absolute Gasteiger partial charge is 0.278 e. The highest BCUT2D eigenvalue weighted by molar-refractivity contribution is 5.99. The number of nitro benzene ring substituents is 1. The molecule has 1 amide bonds. The van der Waals surface area contributed by atoms with Gasteiger partial charge in [0, 0.05) is 11.5 Å². The number of nitrogens with zero attached hydrogens (tertiary/aromatic N) is 3. The van der Waals surface area contributed by atoms with E-state index in [1.54, 1.807) is 31.2 Å². The molecule has 0 fully saturated rings. The average Bonchev–Trinajstić information content (AvgIpc) is 2.61. The van der Waals surface area contributed by atoms with Gasteiger partial charge >= 0.3 is 0 Å². The third-order valence-electron chi connectivity index (χ3n) is 3.66. The number of nitro groups is 1. The zero-order valence-electron chi connectivity index (χ0n) is 13.3. The minimum Gasteiger partial charge on any atom is -0.267 e. The van der Waals surface area contributed by atoms with E-state index in [0.29, 0.717) is 16.8 Å². The van der Waals surface area contributed by atoms with E-state index in [1.165, 1.54) is 12.3 Å². The summed E-state index contributed by atoms with van der Waals surface area (Å²) in [6.07, 6.45) is 1.25. The lowest BCUT2D eigenvalue weighted by Crippen LogP contribution is -2.19. The molecule has 0 unspecified atom stereocenters. The Hall–Kier alpha value is -3.61. The van der Waals surface area contributed by atoms with Crippen LogP contribution in [0, 0.1) is 17.0 Å². The van der Waals surface area contributed by atoms with E-state index >= 15 is 0 Å². The van der Waals surface area contributed by atoms with E-state index in [2.05, 4.69) is 15.5 Å². The van der Waals surface area contributed by atoms with Gasteiger partial charge in [-0.3, -0.25) is 19.9 Å². The second-order valence-corrected chi connectivity index (χ2v) is 5.33. The van der Waals surface area contributed by atoms with Crippen LogP contribution in [-0.4, -0.2) is 22.0 Å². The van der Waals surface area contributed by atoms with Crippen molar-refractivity contribution >= 4 is 28.7 Å². The van der Waals surface area contributed by atoms with Crippen molar-refractivity contribution in [2.45, 2.75) is 6.92 Å². The fraction of sp³-hybridized carbons (Fsp3) is 0.0556. The molecule has 1 N–H and O–H groups in total. The molecule has 0 saturated heterocycles. The van der Waals surface area contributed by atoms with Gasteiger partial charge in [-0.1, -0.05) is 30.3 Å². The van der Waals surface area contributed by atoms with Gasteiger partial charge in [0.2, 0.25) is 0 Å². The topological polar surface area (TPSA) is 97.5 Å².